The first-order chi connectivity index (χ1) is 21.6. The third kappa shape index (κ3) is 8.71. The molecule has 1 aromatic rings. The molecule has 2 aliphatic heterocycles. The van der Waals surface area contributed by atoms with Crippen molar-refractivity contribution in [1.82, 2.24) is 20.4 Å². The van der Waals surface area contributed by atoms with Crippen molar-refractivity contribution in [2.24, 2.45) is 28.1 Å². The van der Waals surface area contributed by atoms with Crippen LogP contribution in [-0.4, -0.2) is 100 Å². The van der Waals surface area contributed by atoms with Crippen LogP contribution in [0.15, 0.2) is 35.3 Å². The van der Waals surface area contributed by atoms with Crippen LogP contribution in [0.3, 0.4) is 0 Å². The standard InChI is InChI=1S/C31H46N8O6/c32-21(11-6-14-35-31(33)34)28(42)39-23-12-5-4-10-20(23)17-25(39)29(43)38-15-7-13-24(38)27(41)36-18-26(40)37-22(30(44)45)16-19-8-2-1-3-9-19/h1-3,8-9,20-25H,4-7,10-18,32H2,(H,36,41)(H,37,40)(H,44,45)(H4,33,34,35)/t20-,21+,22-,23-,24-,25-/m0/s1. The Kier molecular flexibility index (Phi) is 11.7. The van der Waals surface area contributed by atoms with E-state index < -0.39 is 48.5 Å². The molecule has 9 N–H and O–H groups in total. The van der Waals surface area contributed by atoms with Crippen LogP contribution in [-0.2, 0) is 30.4 Å². The molecule has 0 unspecified atom stereocenters. The minimum Gasteiger partial charge on any atom is -0.480 e. The van der Waals surface area contributed by atoms with Crippen LogP contribution < -0.4 is 27.8 Å². The molecule has 14 heteroatoms. The first-order valence-corrected chi connectivity index (χ1v) is 15.8. The maximum atomic E-state index is 14.0. The number of carboxylic acid groups (broad SMARTS) is 1. The summed E-state index contributed by atoms with van der Waals surface area (Å²) in [5, 5.41) is 14.6. The van der Waals surface area contributed by atoms with Crippen LogP contribution in [0.1, 0.15) is 63.4 Å². The summed E-state index contributed by atoms with van der Waals surface area (Å²) in [4.78, 5) is 72.4. The minimum absolute atomic E-state index is 0.0255. The number of carbonyl (C=O) groups excluding carboxylic acids is 4. The molecular weight excluding hydrogens is 580 g/mol. The van der Waals surface area contributed by atoms with Crippen LogP contribution in [0.5, 0.6) is 0 Å². The van der Waals surface area contributed by atoms with Crippen LogP contribution in [0.2, 0.25) is 0 Å². The maximum absolute atomic E-state index is 14.0. The molecule has 6 atom stereocenters. The first kappa shape index (κ1) is 33.7. The third-order valence-corrected chi connectivity index (χ3v) is 9.09. The molecule has 246 valence electrons. The largest absolute Gasteiger partial charge is 0.480 e. The molecule has 1 saturated carbocycles. The fourth-order valence-electron chi connectivity index (χ4n) is 6.91. The molecule has 14 nitrogen and oxygen atoms in total. The molecule has 45 heavy (non-hydrogen) atoms. The topological polar surface area (TPSA) is 227 Å². The lowest BCUT2D eigenvalue weighted by Gasteiger charge is -2.36. The Morgan fingerprint density at radius 1 is 1.00 bits per heavy atom. The quantitative estimate of drug-likeness (QED) is 0.0936. The zero-order valence-electron chi connectivity index (χ0n) is 25.6. The Balaban J connectivity index is 1.37. The van der Waals surface area contributed by atoms with Crippen molar-refractivity contribution < 1.29 is 29.1 Å². The van der Waals surface area contributed by atoms with Crippen molar-refractivity contribution >= 4 is 35.6 Å². The summed E-state index contributed by atoms with van der Waals surface area (Å²) < 4.78 is 0. The summed E-state index contributed by atoms with van der Waals surface area (Å²) in [5.41, 5.74) is 17.8. The van der Waals surface area contributed by atoms with E-state index in [4.69, 9.17) is 17.2 Å². The van der Waals surface area contributed by atoms with Crippen LogP contribution in [0.4, 0.5) is 0 Å². The van der Waals surface area contributed by atoms with Gasteiger partial charge in [0.2, 0.25) is 23.6 Å². The number of hydrogen-bond donors (Lipinski definition) is 6. The van der Waals surface area contributed by atoms with Crippen molar-refractivity contribution in [3.8, 4) is 0 Å². The minimum atomic E-state index is -1.18. The van der Waals surface area contributed by atoms with Gasteiger partial charge in [0.15, 0.2) is 5.96 Å². The number of nitrogens with zero attached hydrogens (tertiary/aromatic N) is 3. The number of benzene rings is 1. The number of guanidine groups is 1. The Morgan fingerprint density at radius 3 is 2.44 bits per heavy atom. The molecule has 2 saturated heterocycles. The molecule has 0 bridgehead atoms. The lowest BCUT2D eigenvalue weighted by Crippen LogP contribution is -2.57. The van der Waals surface area contributed by atoms with Gasteiger partial charge in [-0.05, 0) is 56.4 Å². The van der Waals surface area contributed by atoms with Crippen molar-refractivity contribution in [3.63, 3.8) is 0 Å². The smallest absolute Gasteiger partial charge is 0.326 e. The van der Waals surface area contributed by atoms with Gasteiger partial charge in [-0.25, -0.2) is 4.79 Å². The normalized spacial score (nSPS) is 23.8. The molecule has 0 aromatic heterocycles. The highest BCUT2D eigenvalue weighted by Gasteiger charge is 2.50. The molecule has 3 aliphatic rings. The number of aliphatic carboxylic acids is 1. The molecule has 2 heterocycles. The fourth-order valence-corrected chi connectivity index (χ4v) is 6.91. The number of nitrogens with two attached hydrogens (primary N) is 3. The molecule has 0 radical (unpaired) electrons. The SMILES string of the molecule is NC(N)=NCCC[C@@H](N)C(=O)N1[C@H](C(=O)N2CCC[C@H]2C(=O)NCC(=O)N[C@@H](Cc2ccccc2)C(=O)O)C[C@@H]2CCCC[C@@H]21. The summed E-state index contributed by atoms with van der Waals surface area (Å²) in [7, 11) is 0. The second-order valence-corrected chi connectivity index (χ2v) is 12.2. The average molecular weight is 627 g/mol. The van der Waals surface area contributed by atoms with E-state index in [0.29, 0.717) is 45.2 Å². The van der Waals surface area contributed by atoms with Gasteiger partial charge in [-0.1, -0.05) is 43.2 Å². The zero-order valence-corrected chi connectivity index (χ0v) is 25.6. The molecule has 3 fully saturated rings. The van der Waals surface area contributed by atoms with E-state index in [2.05, 4.69) is 15.6 Å². The predicted molar refractivity (Wildman–Crippen MR) is 166 cm³/mol. The van der Waals surface area contributed by atoms with Gasteiger partial charge < -0.3 is 42.7 Å². The summed E-state index contributed by atoms with van der Waals surface area (Å²) in [6.45, 7) is 0.285. The summed E-state index contributed by atoms with van der Waals surface area (Å²) in [5.74, 6) is -2.70. The van der Waals surface area contributed by atoms with Gasteiger partial charge in [0, 0.05) is 25.6 Å². The second kappa shape index (κ2) is 15.7. The molecule has 4 rings (SSSR count). The monoisotopic (exact) mass is 626 g/mol. The van der Waals surface area contributed by atoms with Gasteiger partial charge in [-0.3, -0.25) is 24.2 Å². The molecular formula is C31H46N8O6. The van der Waals surface area contributed by atoms with Crippen molar-refractivity contribution in [2.75, 3.05) is 19.6 Å². The highest BCUT2D eigenvalue weighted by molar-refractivity contribution is 5.95. The number of nitrogens with one attached hydrogen (secondary N) is 2. The van der Waals surface area contributed by atoms with E-state index >= 15 is 0 Å². The van der Waals surface area contributed by atoms with Crippen molar-refractivity contribution in [2.45, 2.75) is 94.4 Å². The number of carboxylic acids is 1. The number of aliphatic imine (C=N–C) groups is 1. The Bertz CT molecular complexity index is 1260. The predicted octanol–water partition coefficient (Wildman–Crippen LogP) is -0.554. The van der Waals surface area contributed by atoms with Gasteiger partial charge in [-0.2, -0.15) is 0 Å². The third-order valence-electron chi connectivity index (χ3n) is 9.09. The van der Waals surface area contributed by atoms with Gasteiger partial charge in [0.1, 0.15) is 18.1 Å². The van der Waals surface area contributed by atoms with E-state index in [9.17, 15) is 29.1 Å². The molecule has 4 amide bonds. The van der Waals surface area contributed by atoms with Crippen molar-refractivity contribution in [1.29, 1.82) is 0 Å². The molecule has 1 aliphatic carbocycles. The van der Waals surface area contributed by atoms with Crippen molar-refractivity contribution in [3.05, 3.63) is 35.9 Å². The van der Waals surface area contributed by atoms with Gasteiger partial charge in [-0.15, -0.1) is 0 Å². The fraction of sp³-hybridized carbons (Fsp3) is 0.613. The summed E-state index contributed by atoms with van der Waals surface area (Å²) in [6, 6.07) is 5.39. The Morgan fingerprint density at radius 2 is 1.73 bits per heavy atom. The lowest BCUT2D eigenvalue weighted by molar-refractivity contribution is -0.148. The van der Waals surface area contributed by atoms with E-state index in [1.165, 1.54) is 4.90 Å². The Labute approximate surface area is 263 Å². The van der Waals surface area contributed by atoms with E-state index in [-0.39, 0.29) is 36.2 Å². The highest BCUT2D eigenvalue weighted by atomic mass is 16.4. The average Bonchev–Trinajstić information content (AvgIpc) is 3.67. The van der Waals surface area contributed by atoms with E-state index in [0.717, 1.165) is 31.2 Å². The number of amides is 4. The number of fused-ring (bicyclic) bond motifs is 1. The van der Waals surface area contributed by atoms with E-state index in [1.54, 1.807) is 29.2 Å². The van der Waals surface area contributed by atoms with E-state index in [1.807, 2.05) is 6.07 Å². The maximum Gasteiger partial charge on any atom is 0.326 e. The van der Waals surface area contributed by atoms with Crippen LogP contribution in [0.25, 0.3) is 0 Å². The molecule has 0 spiro atoms. The number of hydrogen-bond acceptors (Lipinski definition) is 7. The van der Waals surface area contributed by atoms with Crippen LogP contribution >= 0.6 is 0 Å². The van der Waals surface area contributed by atoms with Gasteiger partial charge in [0.05, 0.1) is 12.6 Å². The number of rotatable bonds is 13. The number of likely N-dealkylation sites (tertiary alicyclic amines) is 2. The summed E-state index contributed by atoms with van der Waals surface area (Å²) >= 11 is 0. The van der Waals surface area contributed by atoms with Crippen LogP contribution in [0, 0.1) is 5.92 Å². The lowest BCUT2D eigenvalue weighted by atomic mass is 9.84. The van der Waals surface area contributed by atoms with Gasteiger partial charge in [0.25, 0.3) is 0 Å². The second-order valence-electron chi connectivity index (χ2n) is 12.2. The highest BCUT2D eigenvalue weighted by Crippen LogP contribution is 2.41. The zero-order chi connectivity index (χ0) is 32.5. The van der Waals surface area contributed by atoms with Gasteiger partial charge >= 0.3 is 5.97 Å². The molecule has 1 aromatic carbocycles. The Hall–Kier alpha value is -4.20. The number of carbonyl (C=O) groups is 5. The summed E-state index contributed by atoms with van der Waals surface area (Å²) in [6.07, 6.45) is 6.29. The first-order valence-electron chi connectivity index (χ1n) is 15.8.